The zero-order chi connectivity index (χ0) is 13.2. The fraction of sp³-hybridized carbons (Fsp3) is 0.500. The number of carbonyl (C=O) groups is 1. The fourth-order valence-electron chi connectivity index (χ4n) is 2.29. The van der Waals surface area contributed by atoms with Crippen LogP contribution in [0.1, 0.15) is 30.1 Å². The molecule has 1 aromatic carbocycles. The van der Waals surface area contributed by atoms with Gasteiger partial charge >= 0.3 is 0 Å². The monoisotopic (exact) mass is 248 g/mol. The Morgan fingerprint density at radius 2 is 2.11 bits per heavy atom. The van der Waals surface area contributed by atoms with Crippen LogP contribution in [0.3, 0.4) is 0 Å². The van der Waals surface area contributed by atoms with E-state index in [9.17, 15) is 9.90 Å². The number of hydrogen-bond donors (Lipinski definition) is 2. The lowest BCUT2D eigenvalue weighted by Gasteiger charge is -2.39. The molecule has 4 heteroatoms. The predicted octanol–water partition coefficient (Wildman–Crippen LogP) is 1.18. The minimum Gasteiger partial charge on any atom is -0.394 e. The lowest BCUT2D eigenvalue weighted by Crippen LogP contribution is -2.52. The number of aliphatic hydroxyl groups is 1. The number of rotatable bonds is 3. The van der Waals surface area contributed by atoms with Crippen molar-refractivity contribution in [2.75, 3.05) is 24.6 Å². The molecule has 1 heterocycles. The summed E-state index contributed by atoms with van der Waals surface area (Å²) < 4.78 is 0. The number of nitrogens with zero attached hydrogens (tertiary/aromatic N) is 1. The van der Waals surface area contributed by atoms with Crippen molar-refractivity contribution in [2.45, 2.75) is 25.3 Å². The summed E-state index contributed by atoms with van der Waals surface area (Å²) in [6.45, 7) is 3.25. The molecule has 0 bridgehead atoms. The van der Waals surface area contributed by atoms with Crippen LogP contribution < -0.4 is 10.6 Å². The quantitative estimate of drug-likeness (QED) is 0.788. The average Bonchev–Trinajstić information content (AvgIpc) is 2.40. The molecule has 0 aromatic heterocycles. The molecule has 18 heavy (non-hydrogen) atoms. The van der Waals surface area contributed by atoms with Crippen molar-refractivity contribution >= 4 is 11.5 Å². The summed E-state index contributed by atoms with van der Waals surface area (Å²) in [4.78, 5) is 13.6. The Hall–Kier alpha value is -1.39. The average molecular weight is 248 g/mol. The van der Waals surface area contributed by atoms with Crippen molar-refractivity contribution in [1.29, 1.82) is 0 Å². The largest absolute Gasteiger partial charge is 0.394 e. The molecule has 0 radical (unpaired) electrons. The zero-order valence-electron chi connectivity index (χ0n) is 10.7. The molecule has 3 N–H and O–H groups in total. The molecular weight excluding hydrogens is 228 g/mol. The zero-order valence-corrected chi connectivity index (χ0v) is 10.7. The van der Waals surface area contributed by atoms with Gasteiger partial charge in [0.1, 0.15) is 0 Å². The number of Topliss-reactive ketones (excluding diaryl/α,β-unsaturated/α-hetero) is 1. The predicted molar refractivity (Wildman–Crippen MR) is 71.9 cm³/mol. The first-order valence-corrected chi connectivity index (χ1v) is 6.30. The van der Waals surface area contributed by atoms with Crippen LogP contribution in [0.2, 0.25) is 0 Å². The van der Waals surface area contributed by atoms with Crippen LogP contribution in [-0.4, -0.2) is 36.1 Å². The Labute approximate surface area is 107 Å². The van der Waals surface area contributed by atoms with E-state index in [4.69, 9.17) is 5.73 Å². The van der Waals surface area contributed by atoms with Crippen molar-refractivity contribution in [3.63, 3.8) is 0 Å². The van der Waals surface area contributed by atoms with E-state index in [1.165, 1.54) is 0 Å². The highest BCUT2D eigenvalue weighted by atomic mass is 16.3. The third-order valence-corrected chi connectivity index (χ3v) is 3.69. The maximum Gasteiger partial charge on any atom is 0.159 e. The van der Waals surface area contributed by atoms with E-state index >= 15 is 0 Å². The molecule has 4 nitrogen and oxygen atoms in total. The van der Waals surface area contributed by atoms with Gasteiger partial charge < -0.3 is 15.7 Å². The second-order valence-corrected chi connectivity index (χ2v) is 5.11. The molecule has 1 aromatic rings. The molecule has 2 rings (SSSR count). The van der Waals surface area contributed by atoms with E-state index in [0.29, 0.717) is 0 Å². The van der Waals surface area contributed by atoms with Crippen LogP contribution in [-0.2, 0) is 0 Å². The standard InChI is InChI=1S/C14H20N2O2/c1-11(18)12-3-2-4-13(9-12)16-7-5-14(15,10-17)6-8-16/h2-4,9,17H,5-8,10,15H2,1H3. The third-order valence-electron chi connectivity index (χ3n) is 3.69. The summed E-state index contributed by atoms with van der Waals surface area (Å²) in [7, 11) is 0. The fourth-order valence-corrected chi connectivity index (χ4v) is 2.29. The van der Waals surface area contributed by atoms with Gasteiger partial charge in [-0.15, -0.1) is 0 Å². The topological polar surface area (TPSA) is 66.6 Å². The summed E-state index contributed by atoms with van der Waals surface area (Å²) in [5, 5.41) is 9.24. The van der Waals surface area contributed by atoms with Gasteiger partial charge in [-0.3, -0.25) is 4.79 Å². The highest BCUT2D eigenvalue weighted by molar-refractivity contribution is 5.94. The third kappa shape index (κ3) is 2.71. The van der Waals surface area contributed by atoms with Gasteiger partial charge in [0, 0.05) is 29.9 Å². The summed E-state index contributed by atoms with van der Waals surface area (Å²) in [6, 6.07) is 7.67. The van der Waals surface area contributed by atoms with E-state index in [0.717, 1.165) is 37.2 Å². The molecule has 0 spiro atoms. The van der Waals surface area contributed by atoms with E-state index in [1.54, 1.807) is 6.92 Å². The molecule has 0 aliphatic carbocycles. The SMILES string of the molecule is CC(=O)c1cccc(N2CCC(N)(CO)CC2)c1. The molecule has 0 atom stereocenters. The van der Waals surface area contributed by atoms with E-state index < -0.39 is 5.54 Å². The lowest BCUT2D eigenvalue weighted by atomic mass is 9.89. The smallest absolute Gasteiger partial charge is 0.159 e. The Morgan fingerprint density at radius 3 is 2.67 bits per heavy atom. The number of aliphatic hydroxyl groups excluding tert-OH is 1. The molecule has 1 fully saturated rings. The Morgan fingerprint density at radius 1 is 1.44 bits per heavy atom. The van der Waals surface area contributed by atoms with Crippen LogP contribution in [0.15, 0.2) is 24.3 Å². The second-order valence-electron chi connectivity index (χ2n) is 5.11. The van der Waals surface area contributed by atoms with E-state index in [2.05, 4.69) is 4.90 Å². The Kier molecular flexibility index (Phi) is 3.68. The number of hydrogen-bond acceptors (Lipinski definition) is 4. The number of ketones is 1. The number of piperidine rings is 1. The molecular formula is C14H20N2O2. The van der Waals surface area contributed by atoms with Crippen LogP contribution in [0.4, 0.5) is 5.69 Å². The van der Waals surface area contributed by atoms with Gasteiger partial charge in [-0.2, -0.15) is 0 Å². The summed E-state index contributed by atoms with van der Waals surface area (Å²) in [6.07, 6.45) is 1.54. The highest BCUT2D eigenvalue weighted by Gasteiger charge is 2.29. The minimum absolute atomic E-state index is 0.0360. The molecule has 1 aliphatic rings. The van der Waals surface area contributed by atoms with Gasteiger partial charge in [0.25, 0.3) is 0 Å². The second kappa shape index (κ2) is 5.08. The van der Waals surface area contributed by atoms with Gasteiger partial charge in [0.15, 0.2) is 5.78 Å². The first-order chi connectivity index (χ1) is 8.54. The van der Waals surface area contributed by atoms with Crippen molar-refractivity contribution in [2.24, 2.45) is 5.73 Å². The summed E-state index contributed by atoms with van der Waals surface area (Å²) >= 11 is 0. The molecule has 98 valence electrons. The summed E-state index contributed by atoms with van der Waals surface area (Å²) in [5.74, 6) is 0.0809. The van der Waals surface area contributed by atoms with Crippen LogP contribution in [0, 0.1) is 0 Å². The molecule has 1 aliphatic heterocycles. The number of anilines is 1. The molecule has 0 unspecified atom stereocenters. The highest BCUT2D eigenvalue weighted by Crippen LogP contribution is 2.25. The number of nitrogens with two attached hydrogens (primary N) is 1. The van der Waals surface area contributed by atoms with Gasteiger partial charge in [-0.25, -0.2) is 0 Å². The van der Waals surface area contributed by atoms with Gasteiger partial charge in [0.2, 0.25) is 0 Å². The van der Waals surface area contributed by atoms with Crippen molar-refractivity contribution in [1.82, 2.24) is 0 Å². The Bertz CT molecular complexity index is 437. The first-order valence-electron chi connectivity index (χ1n) is 6.30. The first kappa shape index (κ1) is 13.1. The van der Waals surface area contributed by atoms with Gasteiger partial charge in [0.05, 0.1) is 6.61 Å². The maximum absolute atomic E-state index is 11.4. The molecule has 0 saturated carbocycles. The molecule has 1 saturated heterocycles. The van der Waals surface area contributed by atoms with Gasteiger partial charge in [-0.1, -0.05) is 12.1 Å². The molecule has 0 amide bonds. The minimum atomic E-state index is -0.436. The van der Waals surface area contributed by atoms with Crippen LogP contribution in [0.25, 0.3) is 0 Å². The summed E-state index contributed by atoms with van der Waals surface area (Å²) in [5.41, 5.74) is 7.40. The van der Waals surface area contributed by atoms with Gasteiger partial charge in [-0.05, 0) is 31.9 Å². The maximum atomic E-state index is 11.4. The number of benzene rings is 1. The van der Waals surface area contributed by atoms with E-state index in [1.807, 2.05) is 24.3 Å². The lowest BCUT2D eigenvalue weighted by molar-refractivity contribution is 0.101. The normalized spacial score (nSPS) is 18.7. The van der Waals surface area contributed by atoms with Crippen molar-refractivity contribution < 1.29 is 9.90 Å². The van der Waals surface area contributed by atoms with Crippen molar-refractivity contribution in [3.05, 3.63) is 29.8 Å². The van der Waals surface area contributed by atoms with Crippen molar-refractivity contribution in [3.8, 4) is 0 Å². The van der Waals surface area contributed by atoms with Crippen LogP contribution >= 0.6 is 0 Å². The Balaban J connectivity index is 2.10. The van der Waals surface area contributed by atoms with E-state index in [-0.39, 0.29) is 12.4 Å². The van der Waals surface area contributed by atoms with Crippen LogP contribution in [0.5, 0.6) is 0 Å². The number of carbonyl (C=O) groups excluding carboxylic acids is 1.